The number of hydrogen-bond acceptors (Lipinski definition) is 2. The highest BCUT2D eigenvalue weighted by atomic mass is 19.3. The van der Waals surface area contributed by atoms with Gasteiger partial charge in [-0.25, -0.2) is 9.78 Å². The first kappa shape index (κ1) is 15.7. The van der Waals surface area contributed by atoms with Crippen LogP contribution in [0.25, 0.3) is 0 Å². The first-order chi connectivity index (χ1) is 9.97. The van der Waals surface area contributed by atoms with Crippen molar-refractivity contribution >= 4 is 6.03 Å². The van der Waals surface area contributed by atoms with Crippen LogP contribution < -0.4 is 5.32 Å². The van der Waals surface area contributed by atoms with Gasteiger partial charge in [0.2, 0.25) is 0 Å². The molecule has 1 aromatic rings. The first-order valence-electron chi connectivity index (χ1n) is 7.29. The molecule has 2 rings (SSSR count). The maximum absolute atomic E-state index is 12.7. The number of imidazole rings is 1. The van der Waals surface area contributed by atoms with E-state index in [9.17, 15) is 13.6 Å². The summed E-state index contributed by atoms with van der Waals surface area (Å²) >= 11 is 0. The summed E-state index contributed by atoms with van der Waals surface area (Å²) in [4.78, 5) is 17.4. The third-order valence-corrected chi connectivity index (χ3v) is 4.03. The Hall–Kier alpha value is -1.66. The highest BCUT2D eigenvalue weighted by molar-refractivity contribution is 5.74. The fraction of sp³-hybridized carbons (Fsp3) is 0.714. The predicted octanol–water partition coefficient (Wildman–Crippen LogP) is 3.00. The van der Waals surface area contributed by atoms with Crippen molar-refractivity contribution in [1.29, 1.82) is 0 Å². The molecule has 1 aliphatic rings. The second kappa shape index (κ2) is 6.87. The SMILES string of the molecule is CC1CCC(NC(=O)N(C)Cc2nccn2C(F)F)CC1. The Morgan fingerprint density at radius 3 is 2.76 bits per heavy atom. The van der Waals surface area contributed by atoms with E-state index in [0.717, 1.165) is 36.2 Å². The normalized spacial score (nSPS) is 22.3. The Balaban J connectivity index is 1.86. The Labute approximate surface area is 123 Å². The second-order valence-electron chi connectivity index (χ2n) is 5.79. The molecule has 1 fully saturated rings. The Kier molecular flexibility index (Phi) is 5.14. The van der Waals surface area contributed by atoms with E-state index < -0.39 is 6.55 Å². The summed E-state index contributed by atoms with van der Waals surface area (Å²) < 4.78 is 26.2. The lowest BCUT2D eigenvalue weighted by molar-refractivity contribution is 0.0650. The van der Waals surface area contributed by atoms with Gasteiger partial charge in [-0.05, 0) is 31.6 Å². The standard InChI is InChI=1S/C14H22F2N4O/c1-10-3-5-11(6-4-10)18-14(21)19(2)9-12-17-7-8-20(12)13(15)16/h7-8,10-11,13H,3-6,9H2,1-2H3,(H,18,21). The van der Waals surface area contributed by atoms with Crippen LogP contribution in [0.1, 0.15) is 45.0 Å². The largest absolute Gasteiger partial charge is 0.335 e. The van der Waals surface area contributed by atoms with Crippen molar-refractivity contribution in [2.24, 2.45) is 5.92 Å². The molecular weight excluding hydrogens is 278 g/mol. The fourth-order valence-corrected chi connectivity index (χ4v) is 2.62. The van der Waals surface area contributed by atoms with Crippen LogP contribution in [-0.2, 0) is 6.54 Å². The van der Waals surface area contributed by atoms with E-state index in [2.05, 4.69) is 17.2 Å². The zero-order valence-corrected chi connectivity index (χ0v) is 12.4. The highest BCUT2D eigenvalue weighted by Gasteiger charge is 2.22. The number of urea groups is 1. The number of alkyl halides is 2. The van der Waals surface area contributed by atoms with Crippen LogP contribution in [0.3, 0.4) is 0 Å². The zero-order chi connectivity index (χ0) is 15.4. The van der Waals surface area contributed by atoms with Gasteiger partial charge >= 0.3 is 12.6 Å². The molecule has 0 spiro atoms. The maximum atomic E-state index is 12.7. The summed E-state index contributed by atoms with van der Waals surface area (Å²) in [7, 11) is 1.59. The van der Waals surface area contributed by atoms with E-state index >= 15 is 0 Å². The maximum Gasteiger partial charge on any atom is 0.319 e. The molecule has 1 aromatic heterocycles. The van der Waals surface area contributed by atoms with Crippen LogP contribution >= 0.6 is 0 Å². The van der Waals surface area contributed by atoms with Gasteiger partial charge < -0.3 is 10.2 Å². The van der Waals surface area contributed by atoms with Crippen LogP contribution in [0.5, 0.6) is 0 Å². The van der Waals surface area contributed by atoms with E-state index in [-0.39, 0.29) is 24.4 Å². The van der Waals surface area contributed by atoms with Crippen molar-refractivity contribution in [3.63, 3.8) is 0 Å². The minimum atomic E-state index is -2.64. The smallest absolute Gasteiger partial charge is 0.319 e. The molecular formula is C14H22F2N4O. The van der Waals surface area contributed by atoms with Crippen LogP contribution in [0.4, 0.5) is 13.6 Å². The Morgan fingerprint density at radius 1 is 1.48 bits per heavy atom. The van der Waals surface area contributed by atoms with E-state index in [1.807, 2.05) is 0 Å². The van der Waals surface area contributed by atoms with Crippen molar-refractivity contribution < 1.29 is 13.6 Å². The predicted molar refractivity (Wildman–Crippen MR) is 74.9 cm³/mol. The van der Waals surface area contributed by atoms with Gasteiger partial charge in [-0.2, -0.15) is 8.78 Å². The molecule has 1 heterocycles. The molecule has 0 aliphatic heterocycles. The summed E-state index contributed by atoms with van der Waals surface area (Å²) in [5.74, 6) is 0.898. The molecule has 5 nitrogen and oxygen atoms in total. The number of carbonyl (C=O) groups is 1. The summed E-state index contributed by atoms with van der Waals surface area (Å²) in [6, 6.07) is -0.0515. The van der Waals surface area contributed by atoms with Gasteiger partial charge in [0, 0.05) is 25.5 Å². The zero-order valence-electron chi connectivity index (χ0n) is 12.4. The van der Waals surface area contributed by atoms with Gasteiger partial charge in [0.05, 0.1) is 6.54 Å². The minimum absolute atomic E-state index is 0.0618. The lowest BCUT2D eigenvalue weighted by atomic mass is 9.87. The first-order valence-corrected chi connectivity index (χ1v) is 7.29. The van der Waals surface area contributed by atoms with Crippen molar-refractivity contribution in [2.75, 3.05) is 7.05 Å². The molecule has 0 bridgehead atoms. The van der Waals surface area contributed by atoms with E-state index in [0.29, 0.717) is 0 Å². The summed E-state index contributed by atoms with van der Waals surface area (Å²) in [5.41, 5.74) is 0. The summed E-state index contributed by atoms with van der Waals surface area (Å²) in [6.07, 6.45) is 6.72. The molecule has 0 unspecified atom stereocenters. The average molecular weight is 300 g/mol. The number of hydrogen-bond donors (Lipinski definition) is 1. The molecule has 7 heteroatoms. The number of aromatic nitrogens is 2. The van der Waals surface area contributed by atoms with Gasteiger partial charge in [-0.15, -0.1) is 0 Å². The summed E-state index contributed by atoms with van der Waals surface area (Å²) in [5, 5.41) is 2.96. The molecule has 1 N–H and O–H groups in total. The molecule has 1 saturated carbocycles. The van der Waals surface area contributed by atoms with Gasteiger partial charge in [0.25, 0.3) is 0 Å². The number of halogens is 2. The number of nitrogens with one attached hydrogen (secondary N) is 1. The third kappa shape index (κ3) is 4.15. The van der Waals surface area contributed by atoms with Crippen LogP contribution in [0.15, 0.2) is 12.4 Å². The van der Waals surface area contributed by atoms with Gasteiger partial charge in [0.1, 0.15) is 5.82 Å². The molecule has 0 aromatic carbocycles. The lowest BCUT2D eigenvalue weighted by Gasteiger charge is -2.28. The molecule has 2 amide bonds. The Bertz CT molecular complexity index is 469. The van der Waals surface area contributed by atoms with E-state index in [1.54, 1.807) is 7.05 Å². The Morgan fingerprint density at radius 2 is 2.14 bits per heavy atom. The molecule has 0 saturated heterocycles. The topological polar surface area (TPSA) is 50.2 Å². The van der Waals surface area contributed by atoms with Gasteiger partial charge in [-0.1, -0.05) is 6.92 Å². The summed E-state index contributed by atoms with van der Waals surface area (Å²) in [6.45, 7) is -0.362. The highest BCUT2D eigenvalue weighted by Crippen LogP contribution is 2.23. The third-order valence-electron chi connectivity index (χ3n) is 4.03. The minimum Gasteiger partial charge on any atom is -0.335 e. The van der Waals surface area contributed by atoms with Crippen LogP contribution in [-0.4, -0.2) is 33.6 Å². The fourth-order valence-electron chi connectivity index (χ4n) is 2.62. The van der Waals surface area contributed by atoms with Gasteiger partial charge in [-0.3, -0.25) is 4.57 Å². The number of rotatable bonds is 4. The van der Waals surface area contributed by atoms with Crippen molar-refractivity contribution in [3.8, 4) is 0 Å². The molecule has 118 valence electrons. The quantitative estimate of drug-likeness (QED) is 0.929. The number of nitrogens with zero attached hydrogens (tertiary/aromatic N) is 3. The average Bonchev–Trinajstić information content (AvgIpc) is 2.89. The van der Waals surface area contributed by atoms with Gasteiger partial charge in [0.15, 0.2) is 0 Å². The molecule has 21 heavy (non-hydrogen) atoms. The molecule has 0 atom stereocenters. The molecule has 1 aliphatic carbocycles. The van der Waals surface area contributed by atoms with Crippen molar-refractivity contribution in [1.82, 2.24) is 19.8 Å². The molecule has 0 radical (unpaired) electrons. The van der Waals surface area contributed by atoms with Crippen LogP contribution in [0.2, 0.25) is 0 Å². The second-order valence-corrected chi connectivity index (χ2v) is 5.79. The van der Waals surface area contributed by atoms with E-state index in [4.69, 9.17) is 0 Å². The van der Waals surface area contributed by atoms with Crippen molar-refractivity contribution in [3.05, 3.63) is 18.2 Å². The number of amides is 2. The van der Waals surface area contributed by atoms with E-state index in [1.165, 1.54) is 17.3 Å². The number of carbonyl (C=O) groups excluding carboxylic acids is 1. The van der Waals surface area contributed by atoms with Crippen molar-refractivity contribution in [2.45, 2.75) is 51.7 Å². The monoisotopic (exact) mass is 300 g/mol. The lowest BCUT2D eigenvalue weighted by Crippen LogP contribution is -2.44. The van der Waals surface area contributed by atoms with Crippen LogP contribution in [0, 0.1) is 5.92 Å².